The van der Waals surface area contributed by atoms with E-state index in [-0.39, 0.29) is 17.9 Å². The quantitative estimate of drug-likeness (QED) is 0.804. The van der Waals surface area contributed by atoms with E-state index in [2.05, 4.69) is 10.1 Å². The van der Waals surface area contributed by atoms with Crippen LogP contribution in [0, 0.1) is 6.92 Å². The molecular weight excluding hydrogens is 358 g/mol. The lowest BCUT2D eigenvalue weighted by Crippen LogP contribution is -2.40. The summed E-state index contributed by atoms with van der Waals surface area (Å²) < 4.78 is 6.96. The van der Waals surface area contributed by atoms with Crippen molar-refractivity contribution in [2.45, 2.75) is 25.8 Å². The van der Waals surface area contributed by atoms with Gasteiger partial charge >= 0.3 is 0 Å². The minimum atomic E-state index is -0.0698. The Bertz CT molecular complexity index is 870. The highest BCUT2D eigenvalue weighted by atomic mass is 16.5. The molecule has 2 aliphatic heterocycles. The van der Waals surface area contributed by atoms with Gasteiger partial charge in [0.2, 0.25) is 0 Å². The fourth-order valence-electron chi connectivity index (χ4n) is 3.96. The average Bonchev–Trinajstić information content (AvgIpc) is 3.34. The van der Waals surface area contributed by atoms with E-state index in [1.165, 1.54) is 0 Å². The molecule has 8 heteroatoms. The van der Waals surface area contributed by atoms with Gasteiger partial charge in [-0.3, -0.25) is 19.3 Å². The summed E-state index contributed by atoms with van der Waals surface area (Å²) >= 11 is 0. The number of aromatic nitrogens is 3. The van der Waals surface area contributed by atoms with Crippen molar-refractivity contribution in [3.63, 3.8) is 0 Å². The minimum Gasteiger partial charge on any atom is -0.378 e. The summed E-state index contributed by atoms with van der Waals surface area (Å²) in [7, 11) is 1.82. The summed E-state index contributed by atoms with van der Waals surface area (Å²) in [6.07, 6.45) is 5.20. The van der Waals surface area contributed by atoms with Crippen molar-refractivity contribution >= 4 is 11.8 Å². The zero-order valence-corrected chi connectivity index (χ0v) is 16.3. The van der Waals surface area contributed by atoms with Gasteiger partial charge in [-0.15, -0.1) is 0 Å². The summed E-state index contributed by atoms with van der Waals surface area (Å²) in [6.45, 7) is 4.91. The summed E-state index contributed by atoms with van der Waals surface area (Å²) in [6, 6.07) is 3.62. The predicted molar refractivity (Wildman–Crippen MR) is 102 cm³/mol. The van der Waals surface area contributed by atoms with Crippen LogP contribution in [0.4, 0.5) is 0 Å². The van der Waals surface area contributed by atoms with E-state index >= 15 is 0 Å². The fourth-order valence-corrected chi connectivity index (χ4v) is 3.96. The van der Waals surface area contributed by atoms with E-state index in [4.69, 9.17) is 4.74 Å². The molecule has 2 amide bonds. The molecule has 2 aromatic heterocycles. The standard InChI is InChI=1S/C20H25N5O3/c1-14-16(13-23(2)22-14)20(27)25-7-3-4-18(25)17-6-5-15(12-21-17)19(26)24-8-10-28-11-9-24/h5-6,12-13,18H,3-4,7-11H2,1-2H3/t18-/m1/s1. The summed E-state index contributed by atoms with van der Waals surface area (Å²) in [5.41, 5.74) is 2.77. The third kappa shape index (κ3) is 3.52. The van der Waals surface area contributed by atoms with Crippen molar-refractivity contribution in [2.24, 2.45) is 7.05 Å². The van der Waals surface area contributed by atoms with Crippen LogP contribution in [0.5, 0.6) is 0 Å². The van der Waals surface area contributed by atoms with E-state index < -0.39 is 0 Å². The van der Waals surface area contributed by atoms with Crippen molar-refractivity contribution < 1.29 is 14.3 Å². The molecule has 148 valence electrons. The van der Waals surface area contributed by atoms with Crippen LogP contribution in [0.1, 0.15) is 51.0 Å². The molecule has 0 saturated carbocycles. The number of carbonyl (C=O) groups is 2. The van der Waals surface area contributed by atoms with Crippen LogP contribution in [0.2, 0.25) is 0 Å². The first kappa shape index (κ1) is 18.6. The molecule has 0 radical (unpaired) electrons. The van der Waals surface area contributed by atoms with Crippen LogP contribution in [-0.4, -0.2) is 69.2 Å². The number of pyridine rings is 1. The zero-order chi connectivity index (χ0) is 19.7. The normalized spacial score (nSPS) is 19.9. The second-order valence-corrected chi connectivity index (χ2v) is 7.33. The van der Waals surface area contributed by atoms with Crippen LogP contribution < -0.4 is 0 Å². The summed E-state index contributed by atoms with van der Waals surface area (Å²) in [5, 5.41) is 4.28. The molecule has 2 fully saturated rings. The second-order valence-electron chi connectivity index (χ2n) is 7.33. The van der Waals surface area contributed by atoms with Crippen molar-refractivity contribution in [1.82, 2.24) is 24.6 Å². The monoisotopic (exact) mass is 383 g/mol. The molecule has 28 heavy (non-hydrogen) atoms. The molecule has 0 bridgehead atoms. The molecule has 8 nitrogen and oxygen atoms in total. The predicted octanol–water partition coefficient (Wildman–Crippen LogP) is 1.57. The van der Waals surface area contributed by atoms with Gasteiger partial charge in [-0.05, 0) is 31.9 Å². The Balaban J connectivity index is 1.50. The summed E-state index contributed by atoms with van der Waals surface area (Å²) in [5.74, 6) is -0.0314. The molecule has 2 saturated heterocycles. The highest BCUT2D eigenvalue weighted by Crippen LogP contribution is 2.32. The molecule has 4 rings (SSSR count). The number of amides is 2. The van der Waals surface area contributed by atoms with Gasteiger partial charge in [0.15, 0.2) is 0 Å². The third-order valence-corrected chi connectivity index (χ3v) is 5.43. The number of morpholine rings is 1. The highest BCUT2D eigenvalue weighted by Gasteiger charge is 2.33. The molecule has 0 spiro atoms. The number of nitrogens with zero attached hydrogens (tertiary/aromatic N) is 5. The zero-order valence-electron chi connectivity index (χ0n) is 16.3. The van der Waals surface area contributed by atoms with Gasteiger partial charge in [-0.1, -0.05) is 0 Å². The fraction of sp³-hybridized carbons (Fsp3) is 0.500. The molecule has 1 atom stereocenters. The number of ether oxygens (including phenoxy) is 1. The first-order valence-electron chi connectivity index (χ1n) is 9.69. The summed E-state index contributed by atoms with van der Waals surface area (Å²) in [4.78, 5) is 33.8. The van der Waals surface area contributed by atoms with Gasteiger partial charge in [-0.25, -0.2) is 0 Å². The SMILES string of the molecule is Cc1nn(C)cc1C(=O)N1CCC[C@@H]1c1ccc(C(=O)N2CCOCC2)cn1. The molecule has 0 aromatic carbocycles. The maximum Gasteiger partial charge on any atom is 0.257 e. The van der Waals surface area contributed by atoms with Crippen molar-refractivity contribution in [1.29, 1.82) is 0 Å². The lowest BCUT2D eigenvalue weighted by atomic mass is 10.1. The van der Waals surface area contributed by atoms with Crippen LogP contribution in [-0.2, 0) is 11.8 Å². The first-order chi connectivity index (χ1) is 13.5. The Morgan fingerprint density at radius 2 is 1.93 bits per heavy atom. The van der Waals surface area contributed by atoms with E-state index in [9.17, 15) is 9.59 Å². The molecule has 2 aromatic rings. The van der Waals surface area contributed by atoms with Crippen LogP contribution in [0.15, 0.2) is 24.5 Å². The van der Waals surface area contributed by atoms with Gasteiger partial charge in [-0.2, -0.15) is 5.10 Å². The number of likely N-dealkylation sites (tertiary alicyclic amines) is 1. The van der Waals surface area contributed by atoms with Crippen molar-refractivity contribution in [2.75, 3.05) is 32.8 Å². The molecule has 2 aliphatic rings. The number of carbonyl (C=O) groups excluding carboxylic acids is 2. The largest absolute Gasteiger partial charge is 0.378 e. The molecule has 0 N–H and O–H groups in total. The first-order valence-corrected chi connectivity index (χ1v) is 9.69. The van der Waals surface area contributed by atoms with E-state index in [0.29, 0.717) is 44.0 Å². The maximum atomic E-state index is 13.0. The van der Waals surface area contributed by atoms with Gasteiger partial charge in [0.05, 0.1) is 41.8 Å². The Morgan fingerprint density at radius 3 is 2.57 bits per heavy atom. The Morgan fingerprint density at radius 1 is 1.14 bits per heavy atom. The Kier molecular flexibility index (Phi) is 5.13. The van der Waals surface area contributed by atoms with Crippen molar-refractivity contribution in [3.05, 3.63) is 47.0 Å². The number of rotatable bonds is 3. The molecule has 4 heterocycles. The smallest absolute Gasteiger partial charge is 0.257 e. The number of hydrogen-bond donors (Lipinski definition) is 0. The van der Waals surface area contributed by atoms with Crippen LogP contribution in [0.3, 0.4) is 0 Å². The number of hydrogen-bond acceptors (Lipinski definition) is 5. The maximum absolute atomic E-state index is 13.0. The van der Waals surface area contributed by atoms with Gasteiger partial charge in [0, 0.05) is 39.1 Å². The highest BCUT2D eigenvalue weighted by molar-refractivity contribution is 5.95. The van der Waals surface area contributed by atoms with E-state index in [1.54, 1.807) is 22.0 Å². The number of aryl methyl sites for hydroxylation is 2. The van der Waals surface area contributed by atoms with E-state index in [0.717, 1.165) is 24.2 Å². The Hall–Kier alpha value is -2.74. The molecule has 0 unspecified atom stereocenters. The molecule has 0 aliphatic carbocycles. The van der Waals surface area contributed by atoms with Gasteiger partial charge in [0.1, 0.15) is 0 Å². The Labute approximate surface area is 164 Å². The lowest BCUT2D eigenvalue weighted by Gasteiger charge is -2.27. The van der Waals surface area contributed by atoms with Crippen LogP contribution >= 0.6 is 0 Å². The van der Waals surface area contributed by atoms with E-state index in [1.807, 2.05) is 31.0 Å². The van der Waals surface area contributed by atoms with Gasteiger partial charge < -0.3 is 14.5 Å². The average molecular weight is 383 g/mol. The second kappa shape index (κ2) is 7.71. The van der Waals surface area contributed by atoms with Crippen molar-refractivity contribution in [3.8, 4) is 0 Å². The molecular formula is C20H25N5O3. The third-order valence-electron chi connectivity index (χ3n) is 5.43. The minimum absolute atomic E-state index is 0.0108. The van der Waals surface area contributed by atoms with Gasteiger partial charge in [0.25, 0.3) is 11.8 Å². The topological polar surface area (TPSA) is 80.6 Å². The lowest BCUT2D eigenvalue weighted by molar-refractivity contribution is 0.0302. The van der Waals surface area contributed by atoms with Crippen LogP contribution in [0.25, 0.3) is 0 Å².